The molecule has 4 nitrogen and oxygen atoms in total. The second-order valence-electron chi connectivity index (χ2n) is 2.11. The predicted molar refractivity (Wildman–Crippen MR) is 51.6 cm³/mol. The molecule has 1 aromatic rings. The number of nitrogens with two attached hydrogens (primary N) is 1. The van der Waals surface area contributed by atoms with Gasteiger partial charge in [0.15, 0.2) is 0 Å². The second kappa shape index (κ2) is 3.37. The van der Waals surface area contributed by atoms with Gasteiger partial charge in [-0.05, 0) is 0 Å². The van der Waals surface area contributed by atoms with Gasteiger partial charge in [-0.2, -0.15) is 13.9 Å². The fourth-order valence-electron chi connectivity index (χ4n) is 0.703. The zero-order chi connectivity index (χ0) is 10.2. The Kier molecular flexibility index (Phi) is 2.76. The summed E-state index contributed by atoms with van der Waals surface area (Å²) in [7, 11) is 0. The van der Waals surface area contributed by atoms with Crippen molar-refractivity contribution in [2.45, 2.75) is 3.93 Å². The molecule has 0 aliphatic rings. The highest BCUT2D eigenvalue weighted by Gasteiger charge is 2.34. The molecule has 0 aliphatic heterocycles. The highest BCUT2D eigenvalue weighted by molar-refractivity contribution is 14.1. The number of alkyl halides is 3. The Morgan fingerprint density at radius 3 is 2.62 bits per heavy atom. The smallest absolute Gasteiger partial charge is 0.320 e. The van der Waals surface area contributed by atoms with E-state index in [1.165, 1.54) is 0 Å². The molecule has 0 bridgehead atoms. The van der Waals surface area contributed by atoms with Gasteiger partial charge in [-0.25, -0.2) is 0 Å². The van der Waals surface area contributed by atoms with Crippen molar-refractivity contribution in [1.82, 2.24) is 9.89 Å². The number of aromatic nitrogens is 2. The van der Waals surface area contributed by atoms with Crippen LogP contribution in [0.5, 0.6) is 0 Å². The van der Waals surface area contributed by atoms with Gasteiger partial charge in [0, 0.05) is 22.6 Å². The van der Waals surface area contributed by atoms with Gasteiger partial charge < -0.3 is 5.84 Å². The van der Waals surface area contributed by atoms with Crippen LogP contribution in [0.4, 0.5) is 8.78 Å². The topological polar surface area (TPSA) is 60.9 Å². The van der Waals surface area contributed by atoms with Crippen LogP contribution in [0.2, 0.25) is 5.02 Å². The van der Waals surface area contributed by atoms with Gasteiger partial charge in [-0.15, -0.1) is 4.79 Å². The summed E-state index contributed by atoms with van der Waals surface area (Å²) >= 11 is 6.17. The van der Waals surface area contributed by atoms with Crippen LogP contribution < -0.4 is 11.4 Å². The van der Waals surface area contributed by atoms with E-state index in [1.54, 1.807) is 0 Å². The van der Waals surface area contributed by atoms with Crippen molar-refractivity contribution < 1.29 is 8.78 Å². The molecule has 0 atom stereocenters. The lowest BCUT2D eigenvalue weighted by Crippen LogP contribution is -2.34. The Hall–Kier alpha value is -0.440. The fraction of sp³-hybridized carbons (Fsp3) is 0.200. The largest absolute Gasteiger partial charge is 0.328 e. The first-order valence-electron chi connectivity index (χ1n) is 2.94. The lowest BCUT2D eigenvalue weighted by Gasteiger charge is -2.09. The monoisotopic (exact) mass is 321 g/mol. The maximum absolute atomic E-state index is 12.8. The van der Waals surface area contributed by atoms with Crippen molar-refractivity contribution in [3.05, 3.63) is 27.1 Å². The molecule has 8 heteroatoms. The summed E-state index contributed by atoms with van der Waals surface area (Å²) in [5, 5.41) is 2.87. The van der Waals surface area contributed by atoms with Gasteiger partial charge in [-0.1, -0.05) is 11.6 Å². The van der Waals surface area contributed by atoms with Crippen molar-refractivity contribution in [2.75, 3.05) is 5.84 Å². The van der Waals surface area contributed by atoms with E-state index in [1.807, 2.05) is 0 Å². The summed E-state index contributed by atoms with van der Waals surface area (Å²) in [5.74, 6) is 4.98. The third-order valence-electron chi connectivity index (χ3n) is 1.24. The Bertz CT molecular complexity index is 388. The highest BCUT2D eigenvalue weighted by Crippen LogP contribution is 2.36. The molecule has 1 rings (SSSR count). The summed E-state index contributed by atoms with van der Waals surface area (Å²) in [6, 6.07) is 0. The van der Waals surface area contributed by atoms with E-state index >= 15 is 0 Å². The van der Waals surface area contributed by atoms with Crippen molar-refractivity contribution in [3.8, 4) is 0 Å². The molecule has 0 fully saturated rings. The Labute approximate surface area is 89.8 Å². The maximum atomic E-state index is 12.8. The minimum Gasteiger partial charge on any atom is -0.320 e. The quantitative estimate of drug-likeness (QED) is 0.479. The molecule has 0 spiro atoms. The minimum absolute atomic E-state index is 0.313. The van der Waals surface area contributed by atoms with E-state index in [-0.39, 0.29) is 0 Å². The SMILES string of the molecule is Nn1ncc(Cl)c(C(F)(F)I)c1=O. The number of nitrogens with zero attached hydrogens (tertiary/aromatic N) is 2. The third-order valence-corrected chi connectivity index (χ3v) is 2.07. The molecule has 0 saturated carbocycles. The third kappa shape index (κ3) is 2.08. The van der Waals surface area contributed by atoms with Crippen LogP contribution in [0.15, 0.2) is 11.0 Å². The summed E-state index contributed by atoms with van der Waals surface area (Å²) in [5.41, 5.74) is -1.96. The van der Waals surface area contributed by atoms with Gasteiger partial charge in [0.25, 0.3) is 5.56 Å². The standard InChI is InChI=1S/C5H3ClF2IN3O/c6-2-1-11-12(10)4(13)3(2)5(7,8)9/h1H,10H2. The first kappa shape index (κ1) is 10.6. The van der Waals surface area contributed by atoms with Crippen LogP contribution in [0, 0.1) is 0 Å². The first-order chi connectivity index (χ1) is 5.84. The first-order valence-corrected chi connectivity index (χ1v) is 4.40. The van der Waals surface area contributed by atoms with Crippen LogP contribution in [0.3, 0.4) is 0 Å². The number of nitrogen functional groups attached to an aromatic ring is 1. The van der Waals surface area contributed by atoms with Crippen LogP contribution in [-0.4, -0.2) is 9.89 Å². The summed E-state index contributed by atoms with van der Waals surface area (Å²) in [4.78, 5) is 11.4. The fourth-order valence-corrected chi connectivity index (χ4v) is 1.63. The predicted octanol–water partition coefficient (Wildman–Crippen LogP) is 1.09. The number of hydrogen-bond donors (Lipinski definition) is 1. The summed E-state index contributed by atoms with van der Waals surface area (Å²) in [6.07, 6.45) is 0.894. The molecule has 0 aromatic carbocycles. The van der Waals surface area contributed by atoms with E-state index in [9.17, 15) is 13.6 Å². The molecule has 0 aliphatic carbocycles. The van der Waals surface area contributed by atoms with Gasteiger partial charge in [0.05, 0.1) is 11.2 Å². The molecular weight excluding hydrogens is 318 g/mol. The Balaban J connectivity index is 3.53. The molecule has 0 amide bonds. The summed E-state index contributed by atoms with van der Waals surface area (Å²) in [6.45, 7) is 0. The number of hydrogen-bond acceptors (Lipinski definition) is 3. The molecule has 1 heterocycles. The lowest BCUT2D eigenvalue weighted by atomic mass is 10.3. The van der Waals surface area contributed by atoms with E-state index in [4.69, 9.17) is 17.4 Å². The van der Waals surface area contributed by atoms with Crippen molar-refractivity contribution in [3.63, 3.8) is 0 Å². The van der Waals surface area contributed by atoms with Gasteiger partial charge in [0.1, 0.15) is 5.56 Å². The van der Waals surface area contributed by atoms with Gasteiger partial charge in [0.2, 0.25) is 0 Å². The average Bonchev–Trinajstić information content (AvgIpc) is 1.95. The van der Waals surface area contributed by atoms with Gasteiger partial charge in [-0.3, -0.25) is 4.79 Å². The van der Waals surface area contributed by atoms with E-state index in [0.717, 1.165) is 28.8 Å². The molecule has 1 aromatic heterocycles. The van der Waals surface area contributed by atoms with E-state index < -0.39 is 20.1 Å². The Morgan fingerprint density at radius 1 is 1.69 bits per heavy atom. The summed E-state index contributed by atoms with van der Waals surface area (Å²) < 4.78 is 22.2. The zero-order valence-electron chi connectivity index (χ0n) is 5.97. The van der Waals surface area contributed by atoms with Crippen LogP contribution in [0.25, 0.3) is 0 Å². The minimum atomic E-state index is -3.35. The van der Waals surface area contributed by atoms with Crippen molar-refractivity contribution in [2.24, 2.45) is 0 Å². The lowest BCUT2D eigenvalue weighted by molar-refractivity contribution is 0.125. The molecule has 0 saturated heterocycles. The number of halogens is 4. The molecular formula is C5H3ClF2IN3O. The Morgan fingerprint density at radius 2 is 2.23 bits per heavy atom. The molecule has 72 valence electrons. The highest BCUT2D eigenvalue weighted by atomic mass is 127. The normalized spacial score (nSPS) is 11.7. The van der Waals surface area contributed by atoms with Crippen LogP contribution in [-0.2, 0) is 3.93 Å². The molecule has 13 heavy (non-hydrogen) atoms. The van der Waals surface area contributed by atoms with Crippen LogP contribution in [0.1, 0.15) is 5.56 Å². The van der Waals surface area contributed by atoms with Gasteiger partial charge >= 0.3 is 3.93 Å². The molecule has 0 unspecified atom stereocenters. The van der Waals surface area contributed by atoms with E-state index in [2.05, 4.69) is 5.10 Å². The molecule has 0 radical (unpaired) electrons. The number of rotatable bonds is 1. The van der Waals surface area contributed by atoms with Crippen LogP contribution >= 0.6 is 34.2 Å². The van der Waals surface area contributed by atoms with Crippen molar-refractivity contribution in [1.29, 1.82) is 0 Å². The average molecular weight is 321 g/mol. The zero-order valence-corrected chi connectivity index (χ0v) is 8.88. The second-order valence-corrected chi connectivity index (χ2v) is 3.88. The maximum Gasteiger partial charge on any atom is 0.328 e. The molecule has 2 N–H and O–H groups in total. The van der Waals surface area contributed by atoms with Crippen molar-refractivity contribution >= 4 is 34.2 Å². The van der Waals surface area contributed by atoms with E-state index in [0.29, 0.717) is 4.79 Å².